The maximum absolute atomic E-state index is 5.84. The normalized spacial score (nSPS) is 29.5. The van der Waals surface area contributed by atoms with Crippen molar-refractivity contribution in [1.29, 1.82) is 0 Å². The summed E-state index contributed by atoms with van der Waals surface area (Å²) in [6, 6.07) is 0.443. The molecular weight excluding hydrogens is 355 g/mol. The summed E-state index contributed by atoms with van der Waals surface area (Å²) in [5.41, 5.74) is 0. The molecule has 2 bridgehead atoms. The fourth-order valence-electron chi connectivity index (χ4n) is 2.68. The molecule has 0 spiro atoms. The molecule has 5 nitrogen and oxygen atoms in total. The number of fused-ring (bicyclic) bond motifs is 2. The monoisotopic (exact) mass is 382 g/mol. The third kappa shape index (κ3) is 4.75. The van der Waals surface area contributed by atoms with Gasteiger partial charge in [-0.1, -0.05) is 6.92 Å². The van der Waals surface area contributed by atoms with Gasteiger partial charge in [-0.25, -0.2) is 0 Å². The first-order chi connectivity index (χ1) is 8.72. The second-order valence-electron chi connectivity index (χ2n) is 5.26. The van der Waals surface area contributed by atoms with Crippen molar-refractivity contribution in [2.24, 2.45) is 4.99 Å². The highest BCUT2D eigenvalue weighted by molar-refractivity contribution is 14.0. The van der Waals surface area contributed by atoms with E-state index in [9.17, 15) is 0 Å². The summed E-state index contributed by atoms with van der Waals surface area (Å²) in [7, 11) is 3.95. The molecule has 19 heavy (non-hydrogen) atoms. The number of likely N-dealkylation sites (N-methyl/N-ethyl adjacent to an activating group) is 1. The molecule has 0 aliphatic carbocycles. The van der Waals surface area contributed by atoms with Crippen molar-refractivity contribution in [1.82, 2.24) is 15.5 Å². The van der Waals surface area contributed by atoms with E-state index in [-0.39, 0.29) is 24.0 Å². The Balaban J connectivity index is 0.00000180. The lowest BCUT2D eigenvalue weighted by molar-refractivity contribution is 0.0992. The molecule has 6 heteroatoms. The Bertz CT molecular complexity index is 300. The van der Waals surface area contributed by atoms with E-state index in [1.165, 1.54) is 12.8 Å². The van der Waals surface area contributed by atoms with E-state index in [0.717, 1.165) is 32.0 Å². The molecular formula is C13H27IN4O. The van der Waals surface area contributed by atoms with E-state index in [0.29, 0.717) is 18.2 Å². The predicted molar refractivity (Wildman–Crippen MR) is 89.4 cm³/mol. The molecule has 2 rings (SSSR count). The maximum Gasteiger partial charge on any atom is 0.191 e. The Labute approximate surface area is 133 Å². The molecule has 2 saturated heterocycles. The lowest BCUT2D eigenvalue weighted by Crippen LogP contribution is -2.48. The second-order valence-corrected chi connectivity index (χ2v) is 5.26. The van der Waals surface area contributed by atoms with Crippen LogP contribution in [0, 0.1) is 0 Å². The van der Waals surface area contributed by atoms with E-state index >= 15 is 0 Å². The van der Waals surface area contributed by atoms with Crippen molar-refractivity contribution in [2.75, 3.05) is 33.7 Å². The molecule has 2 N–H and O–H groups in total. The van der Waals surface area contributed by atoms with Gasteiger partial charge >= 0.3 is 0 Å². The van der Waals surface area contributed by atoms with Crippen LogP contribution >= 0.6 is 24.0 Å². The standard InChI is InChI=1S/C13H26N4O.HI/c1-4-17(3)8-7-15-13(14-2)16-11-9-10-5-6-12(11)18-10;/h10-12H,4-9H2,1-3H3,(H2,14,15,16);1H. The van der Waals surface area contributed by atoms with Crippen molar-refractivity contribution in [3.05, 3.63) is 0 Å². The molecule has 2 fully saturated rings. The number of rotatable bonds is 5. The highest BCUT2D eigenvalue weighted by Crippen LogP contribution is 2.34. The average Bonchev–Trinajstić information content (AvgIpc) is 2.99. The number of aliphatic imine (C=N–C) groups is 1. The zero-order valence-electron chi connectivity index (χ0n) is 12.2. The first-order valence-electron chi connectivity index (χ1n) is 7.04. The first-order valence-corrected chi connectivity index (χ1v) is 7.04. The number of ether oxygens (including phenoxy) is 1. The van der Waals surface area contributed by atoms with Gasteiger partial charge < -0.3 is 20.3 Å². The number of guanidine groups is 1. The van der Waals surface area contributed by atoms with Crippen LogP contribution in [0.2, 0.25) is 0 Å². The molecule has 112 valence electrons. The topological polar surface area (TPSA) is 48.9 Å². The largest absolute Gasteiger partial charge is 0.373 e. The Morgan fingerprint density at radius 1 is 1.42 bits per heavy atom. The Morgan fingerprint density at radius 3 is 2.74 bits per heavy atom. The predicted octanol–water partition coefficient (Wildman–Crippen LogP) is 1.04. The fourth-order valence-corrected chi connectivity index (χ4v) is 2.68. The third-order valence-electron chi connectivity index (χ3n) is 3.98. The molecule has 0 amide bonds. The Kier molecular flexibility index (Phi) is 7.38. The van der Waals surface area contributed by atoms with Gasteiger partial charge in [-0.2, -0.15) is 0 Å². The zero-order chi connectivity index (χ0) is 13.0. The zero-order valence-corrected chi connectivity index (χ0v) is 14.5. The van der Waals surface area contributed by atoms with E-state index in [1.807, 2.05) is 7.05 Å². The molecule has 2 aliphatic heterocycles. The molecule has 0 aromatic rings. The summed E-state index contributed by atoms with van der Waals surface area (Å²) in [4.78, 5) is 6.56. The van der Waals surface area contributed by atoms with Crippen molar-refractivity contribution in [3.63, 3.8) is 0 Å². The van der Waals surface area contributed by atoms with Crippen LogP contribution in [-0.2, 0) is 4.74 Å². The molecule has 0 aromatic carbocycles. The number of nitrogens with one attached hydrogen (secondary N) is 2. The molecule has 3 unspecified atom stereocenters. The van der Waals surface area contributed by atoms with Crippen LogP contribution in [-0.4, -0.2) is 62.8 Å². The molecule has 0 saturated carbocycles. The lowest BCUT2D eigenvalue weighted by Gasteiger charge is -2.23. The van der Waals surface area contributed by atoms with Gasteiger partial charge in [0.2, 0.25) is 0 Å². The van der Waals surface area contributed by atoms with Crippen LogP contribution < -0.4 is 10.6 Å². The first kappa shape index (κ1) is 17.0. The minimum Gasteiger partial charge on any atom is -0.373 e. The van der Waals surface area contributed by atoms with Crippen molar-refractivity contribution in [3.8, 4) is 0 Å². The number of hydrogen-bond donors (Lipinski definition) is 2. The average molecular weight is 382 g/mol. The van der Waals surface area contributed by atoms with Crippen molar-refractivity contribution < 1.29 is 4.74 Å². The van der Waals surface area contributed by atoms with Crippen LogP contribution in [0.4, 0.5) is 0 Å². The van der Waals surface area contributed by atoms with Gasteiger partial charge in [-0.15, -0.1) is 24.0 Å². The smallest absolute Gasteiger partial charge is 0.191 e. The molecule has 2 aliphatic rings. The van der Waals surface area contributed by atoms with Gasteiger partial charge in [0.1, 0.15) is 0 Å². The van der Waals surface area contributed by atoms with Gasteiger partial charge in [0.15, 0.2) is 5.96 Å². The van der Waals surface area contributed by atoms with Crippen molar-refractivity contribution >= 4 is 29.9 Å². The highest BCUT2D eigenvalue weighted by Gasteiger charge is 2.40. The molecule has 2 heterocycles. The van der Waals surface area contributed by atoms with Crippen LogP contribution in [0.1, 0.15) is 26.2 Å². The van der Waals surface area contributed by atoms with Gasteiger partial charge in [0, 0.05) is 20.1 Å². The molecule has 0 radical (unpaired) electrons. The van der Waals surface area contributed by atoms with E-state index in [2.05, 4.69) is 34.5 Å². The van der Waals surface area contributed by atoms with Crippen LogP contribution in [0.5, 0.6) is 0 Å². The third-order valence-corrected chi connectivity index (χ3v) is 3.98. The SMILES string of the molecule is CCN(C)CCNC(=NC)NC1CC2CCC1O2.I. The summed E-state index contributed by atoms with van der Waals surface area (Å²) in [6.45, 7) is 5.20. The van der Waals surface area contributed by atoms with Gasteiger partial charge in [-0.05, 0) is 32.9 Å². The van der Waals surface area contributed by atoms with Crippen molar-refractivity contribution in [2.45, 2.75) is 44.4 Å². The van der Waals surface area contributed by atoms with Gasteiger partial charge in [-0.3, -0.25) is 4.99 Å². The minimum atomic E-state index is 0. The summed E-state index contributed by atoms with van der Waals surface area (Å²) in [6.07, 6.45) is 4.43. The summed E-state index contributed by atoms with van der Waals surface area (Å²) < 4.78 is 5.84. The fraction of sp³-hybridized carbons (Fsp3) is 0.923. The Hall–Kier alpha value is -0.0800. The van der Waals surface area contributed by atoms with Gasteiger partial charge in [0.25, 0.3) is 0 Å². The summed E-state index contributed by atoms with van der Waals surface area (Å²) in [5.74, 6) is 0.903. The van der Waals surface area contributed by atoms with Crippen LogP contribution in [0.15, 0.2) is 4.99 Å². The van der Waals surface area contributed by atoms with E-state index in [4.69, 9.17) is 4.74 Å². The van der Waals surface area contributed by atoms with Crippen LogP contribution in [0.25, 0.3) is 0 Å². The number of halogens is 1. The second kappa shape index (κ2) is 8.26. The van der Waals surface area contributed by atoms with Gasteiger partial charge in [0.05, 0.1) is 18.2 Å². The summed E-state index contributed by atoms with van der Waals surface area (Å²) in [5, 5.41) is 6.85. The summed E-state index contributed by atoms with van der Waals surface area (Å²) >= 11 is 0. The maximum atomic E-state index is 5.84. The number of nitrogens with zero attached hydrogens (tertiary/aromatic N) is 2. The van der Waals surface area contributed by atoms with E-state index < -0.39 is 0 Å². The lowest BCUT2D eigenvalue weighted by atomic mass is 9.96. The quantitative estimate of drug-likeness (QED) is 0.424. The minimum absolute atomic E-state index is 0. The van der Waals surface area contributed by atoms with Crippen LogP contribution in [0.3, 0.4) is 0 Å². The molecule has 3 atom stereocenters. The highest BCUT2D eigenvalue weighted by atomic mass is 127. The van der Waals surface area contributed by atoms with E-state index in [1.54, 1.807) is 0 Å². The Morgan fingerprint density at radius 2 is 2.21 bits per heavy atom. The number of hydrogen-bond acceptors (Lipinski definition) is 3. The molecule has 0 aromatic heterocycles.